The number of nitrogens with one attached hydrogen (secondary N) is 1. The summed E-state index contributed by atoms with van der Waals surface area (Å²) in [5, 5.41) is 3.55. The van der Waals surface area contributed by atoms with Crippen LogP contribution in [-0.2, 0) is 0 Å². The molecule has 1 heteroatoms. The number of rotatable bonds is 9. The minimum Gasteiger partial charge on any atom is -0.317 e. The zero-order valence-corrected chi connectivity index (χ0v) is 12.3. The molecule has 0 heterocycles. The van der Waals surface area contributed by atoms with Crippen molar-refractivity contribution in [3.05, 3.63) is 0 Å². The van der Waals surface area contributed by atoms with E-state index in [2.05, 4.69) is 26.1 Å². The Hall–Kier alpha value is -0.0400. The van der Waals surface area contributed by atoms with Crippen LogP contribution in [0.15, 0.2) is 0 Å². The molecule has 1 aliphatic carbocycles. The molecule has 1 N–H and O–H groups in total. The SMILES string of the molecule is CCCCC(CC)CC1CCCC1CNCC. The molecule has 1 nitrogen and oxygen atoms in total. The second kappa shape index (κ2) is 8.97. The molecule has 1 fully saturated rings. The van der Waals surface area contributed by atoms with Crippen molar-refractivity contribution in [1.29, 1.82) is 0 Å². The Morgan fingerprint density at radius 2 is 1.88 bits per heavy atom. The Morgan fingerprint density at radius 3 is 2.53 bits per heavy atom. The minimum atomic E-state index is 0.977. The number of hydrogen-bond acceptors (Lipinski definition) is 1. The van der Waals surface area contributed by atoms with Gasteiger partial charge in [0.05, 0.1) is 0 Å². The van der Waals surface area contributed by atoms with Crippen molar-refractivity contribution >= 4 is 0 Å². The standard InChI is InChI=1S/C16H33N/c1-4-7-9-14(5-2)12-15-10-8-11-16(15)13-17-6-3/h14-17H,4-13H2,1-3H3. The zero-order chi connectivity index (χ0) is 12.5. The molecule has 1 aliphatic rings. The first-order chi connectivity index (χ1) is 8.31. The third-order valence-electron chi connectivity index (χ3n) is 4.65. The van der Waals surface area contributed by atoms with Gasteiger partial charge in [0.1, 0.15) is 0 Å². The van der Waals surface area contributed by atoms with Crippen LogP contribution in [-0.4, -0.2) is 13.1 Å². The van der Waals surface area contributed by atoms with Crippen molar-refractivity contribution < 1.29 is 0 Å². The highest BCUT2D eigenvalue weighted by Gasteiger charge is 2.28. The van der Waals surface area contributed by atoms with E-state index in [0.29, 0.717) is 0 Å². The topological polar surface area (TPSA) is 12.0 Å². The monoisotopic (exact) mass is 239 g/mol. The van der Waals surface area contributed by atoms with Crippen LogP contribution in [0.25, 0.3) is 0 Å². The lowest BCUT2D eigenvalue weighted by Gasteiger charge is -2.24. The molecule has 1 saturated carbocycles. The van der Waals surface area contributed by atoms with Crippen LogP contribution in [0, 0.1) is 17.8 Å². The molecule has 102 valence electrons. The second-order valence-electron chi connectivity index (χ2n) is 5.91. The first-order valence-electron chi connectivity index (χ1n) is 8.02. The third-order valence-corrected chi connectivity index (χ3v) is 4.65. The fourth-order valence-corrected chi connectivity index (χ4v) is 3.43. The molecule has 0 aromatic heterocycles. The summed E-state index contributed by atoms with van der Waals surface area (Å²) >= 11 is 0. The minimum absolute atomic E-state index is 0.977. The van der Waals surface area contributed by atoms with Crippen LogP contribution in [0.5, 0.6) is 0 Å². The molecule has 1 rings (SSSR count). The summed E-state index contributed by atoms with van der Waals surface area (Å²) in [5.41, 5.74) is 0. The molecule has 0 aliphatic heterocycles. The Morgan fingerprint density at radius 1 is 1.12 bits per heavy atom. The van der Waals surface area contributed by atoms with Crippen LogP contribution < -0.4 is 5.32 Å². The van der Waals surface area contributed by atoms with E-state index in [4.69, 9.17) is 0 Å². The predicted octanol–water partition coefficient (Wildman–Crippen LogP) is 4.62. The van der Waals surface area contributed by atoms with Crippen LogP contribution >= 0.6 is 0 Å². The Labute approximate surface area is 109 Å². The fraction of sp³-hybridized carbons (Fsp3) is 1.00. The van der Waals surface area contributed by atoms with Gasteiger partial charge in [-0.15, -0.1) is 0 Å². The molecule has 0 radical (unpaired) electrons. The molecule has 0 bridgehead atoms. The smallest absolute Gasteiger partial charge is 0.00180 e. The highest BCUT2D eigenvalue weighted by atomic mass is 14.8. The zero-order valence-electron chi connectivity index (χ0n) is 12.3. The van der Waals surface area contributed by atoms with Gasteiger partial charge in [-0.2, -0.15) is 0 Å². The van der Waals surface area contributed by atoms with Crippen LogP contribution in [0.1, 0.15) is 72.1 Å². The average Bonchev–Trinajstić information content (AvgIpc) is 2.79. The molecular formula is C16H33N. The molecule has 0 aromatic rings. The van der Waals surface area contributed by atoms with Crippen molar-refractivity contribution in [2.75, 3.05) is 13.1 Å². The van der Waals surface area contributed by atoms with Gasteiger partial charge >= 0.3 is 0 Å². The Balaban J connectivity index is 2.31. The maximum atomic E-state index is 3.55. The summed E-state index contributed by atoms with van der Waals surface area (Å²) in [7, 11) is 0. The lowest BCUT2D eigenvalue weighted by atomic mass is 9.83. The van der Waals surface area contributed by atoms with E-state index in [1.807, 2.05) is 0 Å². The van der Waals surface area contributed by atoms with Gasteiger partial charge in [-0.3, -0.25) is 0 Å². The summed E-state index contributed by atoms with van der Waals surface area (Å²) in [4.78, 5) is 0. The maximum Gasteiger partial charge on any atom is -0.00180 e. The third kappa shape index (κ3) is 5.42. The van der Waals surface area contributed by atoms with Gasteiger partial charge < -0.3 is 5.32 Å². The van der Waals surface area contributed by atoms with Crippen molar-refractivity contribution in [2.45, 2.75) is 72.1 Å². The number of hydrogen-bond donors (Lipinski definition) is 1. The van der Waals surface area contributed by atoms with Gasteiger partial charge in [0, 0.05) is 0 Å². The summed E-state index contributed by atoms with van der Waals surface area (Å²) in [5.74, 6) is 3.00. The summed E-state index contributed by atoms with van der Waals surface area (Å²) in [6, 6.07) is 0. The fourth-order valence-electron chi connectivity index (χ4n) is 3.43. The van der Waals surface area contributed by atoms with Gasteiger partial charge in [0.25, 0.3) is 0 Å². The van der Waals surface area contributed by atoms with Crippen LogP contribution in [0.3, 0.4) is 0 Å². The summed E-state index contributed by atoms with van der Waals surface area (Å²) in [6.45, 7) is 9.33. The van der Waals surface area contributed by atoms with Crippen molar-refractivity contribution in [1.82, 2.24) is 5.32 Å². The quantitative estimate of drug-likeness (QED) is 0.619. The van der Waals surface area contributed by atoms with Gasteiger partial charge in [-0.05, 0) is 43.7 Å². The van der Waals surface area contributed by atoms with Crippen molar-refractivity contribution in [3.8, 4) is 0 Å². The molecule has 3 atom stereocenters. The van der Waals surface area contributed by atoms with Crippen molar-refractivity contribution in [3.63, 3.8) is 0 Å². The van der Waals surface area contributed by atoms with E-state index in [1.54, 1.807) is 0 Å². The van der Waals surface area contributed by atoms with Gasteiger partial charge in [-0.25, -0.2) is 0 Å². The molecule has 17 heavy (non-hydrogen) atoms. The normalized spacial score (nSPS) is 26.3. The van der Waals surface area contributed by atoms with Gasteiger partial charge in [-0.1, -0.05) is 59.3 Å². The maximum absolute atomic E-state index is 3.55. The lowest BCUT2D eigenvalue weighted by Crippen LogP contribution is -2.26. The van der Waals surface area contributed by atoms with Crippen LogP contribution in [0.4, 0.5) is 0 Å². The molecule has 0 spiro atoms. The molecule has 0 aromatic carbocycles. The largest absolute Gasteiger partial charge is 0.317 e. The van der Waals surface area contributed by atoms with E-state index >= 15 is 0 Å². The second-order valence-corrected chi connectivity index (χ2v) is 5.91. The highest BCUT2D eigenvalue weighted by molar-refractivity contribution is 4.80. The van der Waals surface area contributed by atoms with Gasteiger partial charge in [0.2, 0.25) is 0 Å². The van der Waals surface area contributed by atoms with E-state index in [0.717, 1.165) is 24.3 Å². The first-order valence-corrected chi connectivity index (χ1v) is 8.02. The highest BCUT2D eigenvalue weighted by Crippen LogP contribution is 2.37. The van der Waals surface area contributed by atoms with Gasteiger partial charge in [0.15, 0.2) is 0 Å². The summed E-state index contributed by atoms with van der Waals surface area (Å²) in [6.07, 6.45) is 11.6. The molecule has 0 saturated heterocycles. The Bertz CT molecular complexity index is 178. The number of unbranched alkanes of at least 4 members (excludes halogenated alkanes) is 1. The van der Waals surface area contributed by atoms with E-state index in [9.17, 15) is 0 Å². The lowest BCUT2D eigenvalue weighted by molar-refractivity contribution is 0.277. The molecule has 3 unspecified atom stereocenters. The van der Waals surface area contributed by atoms with Crippen LogP contribution in [0.2, 0.25) is 0 Å². The van der Waals surface area contributed by atoms with E-state index < -0.39 is 0 Å². The predicted molar refractivity (Wildman–Crippen MR) is 77.3 cm³/mol. The summed E-state index contributed by atoms with van der Waals surface area (Å²) < 4.78 is 0. The van der Waals surface area contributed by atoms with Crippen molar-refractivity contribution in [2.24, 2.45) is 17.8 Å². The Kier molecular flexibility index (Phi) is 7.92. The van der Waals surface area contributed by atoms with E-state index in [1.165, 1.54) is 57.9 Å². The van der Waals surface area contributed by atoms with E-state index in [-0.39, 0.29) is 0 Å². The molecular weight excluding hydrogens is 206 g/mol. The first kappa shape index (κ1) is 15.0. The average molecular weight is 239 g/mol. The molecule has 0 amide bonds.